The summed E-state index contributed by atoms with van der Waals surface area (Å²) in [6.45, 7) is 0.566. The Kier molecular flexibility index (Phi) is 4.73. The Morgan fingerprint density at radius 2 is 2.11 bits per heavy atom. The molecule has 0 saturated heterocycles. The lowest BCUT2D eigenvalue weighted by Gasteiger charge is -2.22. The van der Waals surface area contributed by atoms with Gasteiger partial charge < -0.3 is 4.74 Å². The molecule has 18 heavy (non-hydrogen) atoms. The van der Waals surface area contributed by atoms with Crippen LogP contribution >= 0.6 is 0 Å². The van der Waals surface area contributed by atoms with Crippen molar-refractivity contribution in [2.24, 2.45) is 5.84 Å². The van der Waals surface area contributed by atoms with Crippen molar-refractivity contribution in [1.29, 1.82) is 0 Å². The number of hydrogen-bond acceptors (Lipinski definition) is 3. The minimum Gasteiger partial charge on any atom is -0.374 e. The molecule has 2 rings (SSSR count). The van der Waals surface area contributed by atoms with E-state index in [-0.39, 0.29) is 5.91 Å². The van der Waals surface area contributed by atoms with Gasteiger partial charge in [0.05, 0.1) is 12.7 Å². The van der Waals surface area contributed by atoms with Crippen molar-refractivity contribution in [3.8, 4) is 0 Å². The zero-order valence-corrected chi connectivity index (χ0v) is 10.5. The number of ether oxygens (including phenoxy) is 1. The summed E-state index contributed by atoms with van der Waals surface area (Å²) in [5.41, 5.74) is 3.72. The smallest absolute Gasteiger partial charge is 0.265 e. The minimum absolute atomic E-state index is 0.269. The predicted octanol–water partition coefficient (Wildman–Crippen LogP) is 2.14. The Bertz CT molecular complexity index is 401. The summed E-state index contributed by atoms with van der Waals surface area (Å²) >= 11 is 0. The molecule has 3 N–H and O–H groups in total. The van der Waals surface area contributed by atoms with Gasteiger partial charge in [-0.2, -0.15) is 0 Å². The van der Waals surface area contributed by atoms with Gasteiger partial charge in [0.15, 0.2) is 0 Å². The molecule has 1 aliphatic carbocycles. The first kappa shape index (κ1) is 13.1. The average Bonchev–Trinajstić information content (AvgIpc) is 2.45. The maximum Gasteiger partial charge on any atom is 0.265 e. The van der Waals surface area contributed by atoms with Crippen LogP contribution in [0.1, 0.15) is 48.0 Å². The van der Waals surface area contributed by atoms with E-state index in [1.807, 2.05) is 18.2 Å². The van der Waals surface area contributed by atoms with Crippen LogP contribution in [0.5, 0.6) is 0 Å². The third-order valence-electron chi connectivity index (χ3n) is 3.36. The Hall–Kier alpha value is -1.39. The summed E-state index contributed by atoms with van der Waals surface area (Å²) in [6.07, 6.45) is 6.55. The normalized spacial score (nSPS) is 16.5. The molecule has 0 aromatic heterocycles. The summed E-state index contributed by atoms with van der Waals surface area (Å²) in [5.74, 6) is 4.85. The molecular formula is C14H20N2O2. The molecule has 4 heteroatoms. The monoisotopic (exact) mass is 248 g/mol. The zero-order chi connectivity index (χ0) is 12.8. The van der Waals surface area contributed by atoms with Gasteiger partial charge in [0, 0.05) is 5.56 Å². The van der Waals surface area contributed by atoms with Crippen LogP contribution in [0.3, 0.4) is 0 Å². The Morgan fingerprint density at radius 3 is 2.83 bits per heavy atom. The highest BCUT2D eigenvalue weighted by Gasteiger charge is 2.13. The van der Waals surface area contributed by atoms with Crippen molar-refractivity contribution >= 4 is 5.91 Å². The molecule has 0 radical (unpaired) electrons. The second kappa shape index (κ2) is 6.52. The molecule has 0 unspecified atom stereocenters. The van der Waals surface area contributed by atoms with E-state index < -0.39 is 0 Å². The lowest BCUT2D eigenvalue weighted by Crippen LogP contribution is -2.30. The van der Waals surface area contributed by atoms with Crippen molar-refractivity contribution in [2.45, 2.75) is 44.8 Å². The molecule has 4 nitrogen and oxygen atoms in total. The number of carbonyl (C=O) groups is 1. The largest absolute Gasteiger partial charge is 0.374 e. The molecule has 98 valence electrons. The Labute approximate surface area is 107 Å². The Balaban J connectivity index is 1.90. The fourth-order valence-corrected chi connectivity index (χ4v) is 2.33. The van der Waals surface area contributed by atoms with E-state index in [4.69, 9.17) is 10.6 Å². The molecule has 0 atom stereocenters. The van der Waals surface area contributed by atoms with E-state index in [2.05, 4.69) is 5.43 Å². The molecule has 0 spiro atoms. The molecule has 1 aromatic carbocycles. The third-order valence-corrected chi connectivity index (χ3v) is 3.36. The fourth-order valence-electron chi connectivity index (χ4n) is 2.33. The quantitative estimate of drug-likeness (QED) is 0.487. The van der Waals surface area contributed by atoms with Crippen LogP contribution in [0.15, 0.2) is 24.3 Å². The number of nitrogen functional groups attached to an aromatic ring is 1. The van der Waals surface area contributed by atoms with Gasteiger partial charge in [-0.3, -0.25) is 10.2 Å². The van der Waals surface area contributed by atoms with E-state index in [0.29, 0.717) is 18.3 Å². The molecule has 0 bridgehead atoms. The van der Waals surface area contributed by atoms with Gasteiger partial charge in [-0.25, -0.2) is 5.84 Å². The van der Waals surface area contributed by atoms with Gasteiger partial charge in [-0.15, -0.1) is 0 Å². The van der Waals surface area contributed by atoms with Crippen LogP contribution in [0, 0.1) is 0 Å². The Morgan fingerprint density at radius 1 is 1.33 bits per heavy atom. The zero-order valence-electron chi connectivity index (χ0n) is 10.5. The number of rotatable bonds is 4. The lowest BCUT2D eigenvalue weighted by atomic mass is 9.98. The molecule has 1 aromatic rings. The number of carbonyl (C=O) groups excluding carboxylic acids is 1. The highest BCUT2D eigenvalue weighted by molar-refractivity contribution is 5.93. The topological polar surface area (TPSA) is 64.3 Å². The standard InChI is InChI=1S/C14H20N2O2/c15-16-14(17)12-6-4-5-11(9-12)10-18-13-7-2-1-3-8-13/h4-6,9,13H,1-3,7-8,10,15H2,(H,16,17). The fraction of sp³-hybridized carbons (Fsp3) is 0.500. The average molecular weight is 248 g/mol. The van der Waals surface area contributed by atoms with Crippen LogP contribution in [0.4, 0.5) is 0 Å². The van der Waals surface area contributed by atoms with Gasteiger partial charge in [-0.1, -0.05) is 31.4 Å². The number of hydrogen-bond donors (Lipinski definition) is 2. The van der Waals surface area contributed by atoms with Crippen molar-refractivity contribution < 1.29 is 9.53 Å². The summed E-state index contributed by atoms with van der Waals surface area (Å²) in [5, 5.41) is 0. The van der Waals surface area contributed by atoms with E-state index in [1.54, 1.807) is 6.07 Å². The molecule has 1 saturated carbocycles. The second-order valence-corrected chi connectivity index (χ2v) is 4.74. The van der Waals surface area contributed by atoms with Gasteiger partial charge in [0.2, 0.25) is 0 Å². The van der Waals surface area contributed by atoms with E-state index in [0.717, 1.165) is 18.4 Å². The first-order valence-corrected chi connectivity index (χ1v) is 6.51. The van der Waals surface area contributed by atoms with Crippen LogP contribution in [0.25, 0.3) is 0 Å². The van der Waals surface area contributed by atoms with Crippen LogP contribution in [0.2, 0.25) is 0 Å². The highest BCUT2D eigenvalue weighted by Crippen LogP contribution is 2.21. The highest BCUT2D eigenvalue weighted by atomic mass is 16.5. The molecule has 1 amide bonds. The number of hydrazine groups is 1. The van der Waals surface area contributed by atoms with Gasteiger partial charge >= 0.3 is 0 Å². The third kappa shape index (κ3) is 3.55. The summed E-state index contributed by atoms with van der Waals surface area (Å²) in [4.78, 5) is 11.4. The van der Waals surface area contributed by atoms with E-state index in [1.165, 1.54) is 19.3 Å². The van der Waals surface area contributed by atoms with Crippen molar-refractivity contribution in [1.82, 2.24) is 5.43 Å². The first-order valence-electron chi connectivity index (χ1n) is 6.51. The lowest BCUT2D eigenvalue weighted by molar-refractivity contribution is 0.0168. The maximum atomic E-state index is 11.4. The first-order chi connectivity index (χ1) is 8.79. The van der Waals surface area contributed by atoms with E-state index in [9.17, 15) is 4.79 Å². The number of benzene rings is 1. The maximum absolute atomic E-state index is 11.4. The molecular weight excluding hydrogens is 228 g/mol. The van der Waals surface area contributed by atoms with Crippen molar-refractivity contribution in [2.75, 3.05) is 0 Å². The molecule has 0 heterocycles. The number of nitrogens with two attached hydrogens (primary N) is 1. The summed E-state index contributed by atoms with van der Waals surface area (Å²) in [7, 11) is 0. The van der Waals surface area contributed by atoms with Crippen LogP contribution in [-0.2, 0) is 11.3 Å². The van der Waals surface area contributed by atoms with Gasteiger partial charge in [-0.05, 0) is 30.5 Å². The second-order valence-electron chi connectivity index (χ2n) is 4.74. The molecule has 0 aliphatic heterocycles. The van der Waals surface area contributed by atoms with Crippen molar-refractivity contribution in [3.63, 3.8) is 0 Å². The summed E-state index contributed by atoms with van der Waals surface area (Å²) < 4.78 is 5.87. The summed E-state index contributed by atoms with van der Waals surface area (Å²) in [6, 6.07) is 7.39. The predicted molar refractivity (Wildman–Crippen MR) is 69.8 cm³/mol. The van der Waals surface area contributed by atoms with Crippen LogP contribution < -0.4 is 11.3 Å². The minimum atomic E-state index is -0.269. The van der Waals surface area contributed by atoms with Gasteiger partial charge in [0.1, 0.15) is 0 Å². The van der Waals surface area contributed by atoms with Crippen LogP contribution in [-0.4, -0.2) is 12.0 Å². The van der Waals surface area contributed by atoms with E-state index >= 15 is 0 Å². The SMILES string of the molecule is NNC(=O)c1cccc(COC2CCCCC2)c1. The van der Waals surface area contributed by atoms with Crippen molar-refractivity contribution in [3.05, 3.63) is 35.4 Å². The molecule has 1 fully saturated rings. The van der Waals surface area contributed by atoms with Gasteiger partial charge in [0.25, 0.3) is 5.91 Å². The number of amides is 1. The number of nitrogens with one attached hydrogen (secondary N) is 1. The molecule has 1 aliphatic rings.